The molecule has 0 radical (unpaired) electrons. The minimum Gasteiger partial charge on any atom is -0.381 e. The Morgan fingerprint density at radius 2 is 1.14 bits per heavy atom. The second-order valence-corrected chi connectivity index (χ2v) is 9.15. The summed E-state index contributed by atoms with van der Waals surface area (Å²) in [6.07, 6.45) is 0.836. The fourth-order valence-electron chi connectivity index (χ4n) is 2.74. The molecule has 17 nitrogen and oxygen atoms in total. The lowest BCUT2D eigenvalue weighted by Gasteiger charge is -2.01. The number of hydrogen-bond donors (Lipinski definition) is 6. The van der Waals surface area contributed by atoms with E-state index < -0.39 is 34.3 Å². The highest BCUT2D eigenvalue weighted by molar-refractivity contribution is 7.15. The molecule has 0 aromatic carbocycles. The van der Waals surface area contributed by atoms with Crippen LogP contribution >= 0.6 is 22.7 Å². The van der Waals surface area contributed by atoms with Gasteiger partial charge in [0, 0.05) is 25.0 Å². The molecule has 0 bridgehead atoms. The van der Waals surface area contributed by atoms with Crippen molar-refractivity contribution in [3.63, 3.8) is 0 Å². The average molecular weight is 549 g/mol. The highest BCUT2D eigenvalue weighted by Gasteiger charge is 2.13. The van der Waals surface area contributed by atoms with Gasteiger partial charge in [-0.1, -0.05) is 22.7 Å². The number of aromatic nitrogens is 8. The van der Waals surface area contributed by atoms with E-state index in [-0.39, 0.29) is 21.7 Å². The Bertz CT molecular complexity index is 1490. The van der Waals surface area contributed by atoms with Crippen LogP contribution in [0, 0.1) is 0 Å². The summed E-state index contributed by atoms with van der Waals surface area (Å²) in [5, 5.41) is 22.1. The Balaban J connectivity index is 1.19. The molecule has 19 heteroatoms. The van der Waals surface area contributed by atoms with Crippen LogP contribution in [0.2, 0.25) is 0 Å². The number of carbonyl (C=O) groups excluding carboxylic acids is 2. The first-order valence-electron chi connectivity index (χ1n) is 10.3. The number of H-pyrrole nitrogens is 4. The topological polar surface area (TPSA) is 250 Å². The highest BCUT2D eigenvalue weighted by atomic mass is 32.1. The first-order valence-corrected chi connectivity index (χ1v) is 11.9. The van der Waals surface area contributed by atoms with E-state index in [0.29, 0.717) is 36.1 Å². The van der Waals surface area contributed by atoms with Gasteiger partial charge in [0.05, 0.1) is 13.2 Å². The first-order chi connectivity index (χ1) is 17.7. The van der Waals surface area contributed by atoms with Crippen LogP contribution in [0.3, 0.4) is 0 Å². The summed E-state index contributed by atoms with van der Waals surface area (Å²) in [7, 11) is 0. The Morgan fingerprint density at radius 1 is 0.703 bits per heavy atom. The molecule has 0 unspecified atom stereocenters. The van der Waals surface area contributed by atoms with Crippen LogP contribution in [0.4, 0.5) is 10.3 Å². The van der Waals surface area contributed by atoms with Crippen molar-refractivity contribution >= 4 is 44.8 Å². The SMILES string of the molecule is O=C(Nc1nnc(CCOCCc2nnc(NC(=O)c3cc(=O)[nH]c(=O)[nH]3)s2)s1)c1cc(=O)[nH]c(=O)[nH]1. The molecular formula is C18H16N10O7S2. The van der Waals surface area contributed by atoms with E-state index in [0.717, 1.165) is 34.8 Å². The monoisotopic (exact) mass is 548 g/mol. The summed E-state index contributed by atoms with van der Waals surface area (Å²) < 4.78 is 5.56. The van der Waals surface area contributed by atoms with E-state index in [1.54, 1.807) is 0 Å². The Labute approximate surface area is 211 Å². The molecule has 0 fully saturated rings. The number of carbonyl (C=O) groups is 2. The molecule has 2 amide bonds. The maximum Gasteiger partial charge on any atom is 0.326 e. The second kappa shape index (κ2) is 11.4. The third kappa shape index (κ3) is 7.19. The van der Waals surface area contributed by atoms with Gasteiger partial charge in [0.25, 0.3) is 22.9 Å². The van der Waals surface area contributed by atoms with E-state index in [4.69, 9.17) is 4.74 Å². The van der Waals surface area contributed by atoms with E-state index in [2.05, 4.69) is 41.0 Å². The van der Waals surface area contributed by atoms with Crippen LogP contribution in [0.25, 0.3) is 0 Å². The zero-order valence-electron chi connectivity index (χ0n) is 18.4. The van der Waals surface area contributed by atoms with Gasteiger partial charge in [0.15, 0.2) is 0 Å². The second-order valence-electron chi connectivity index (χ2n) is 7.03. The first kappa shape index (κ1) is 25.5. The van der Waals surface area contributed by atoms with Crippen molar-refractivity contribution in [1.29, 1.82) is 0 Å². The molecule has 0 spiro atoms. The third-order valence-corrected chi connectivity index (χ3v) is 6.10. The average Bonchev–Trinajstić information content (AvgIpc) is 3.47. The molecule has 192 valence electrons. The lowest BCUT2D eigenvalue weighted by atomic mass is 10.4. The molecule has 0 aliphatic rings. The molecule has 0 saturated carbocycles. The molecule has 0 aliphatic carbocycles. The number of aromatic amines is 4. The number of ether oxygens (including phenoxy) is 1. The van der Waals surface area contributed by atoms with E-state index in [1.165, 1.54) is 0 Å². The van der Waals surface area contributed by atoms with Crippen molar-refractivity contribution in [3.8, 4) is 0 Å². The molecule has 4 aromatic rings. The van der Waals surface area contributed by atoms with Crippen molar-refractivity contribution in [1.82, 2.24) is 40.3 Å². The number of nitrogens with zero attached hydrogens (tertiary/aromatic N) is 4. The Hall–Kier alpha value is -4.62. The molecule has 0 aliphatic heterocycles. The molecule has 4 rings (SSSR count). The summed E-state index contributed by atoms with van der Waals surface area (Å²) in [5.41, 5.74) is -3.44. The van der Waals surface area contributed by atoms with Gasteiger partial charge in [-0.15, -0.1) is 20.4 Å². The molecule has 6 N–H and O–H groups in total. The van der Waals surface area contributed by atoms with Gasteiger partial charge in [0.1, 0.15) is 21.4 Å². The summed E-state index contributed by atoms with van der Waals surface area (Å²) in [5.74, 6) is -1.42. The molecule has 37 heavy (non-hydrogen) atoms. The van der Waals surface area contributed by atoms with Gasteiger partial charge in [0.2, 0.25) is 10.3 Å². The lowest BCUT2D eigenvalue weighted by Crippen LogP contribution is -2.27. The fraction of sp³-hybridized carbons (Fsp3) is 0.222. The number of rotatable bonds is 10. The quantitative estimate of drug-likeness (QED) is 0.124. The molecule has 4 heterocycles. The van der Waals surface area contributed by atoms with Crippen molar-refractivity contribution in [2.24, 2.45) is 0 Å². The van der Waals surface area contributed by atoms with Crippen molar-refractivity contribution in [2.75, 3.05) is 23.8 Å². The van der Waals surface area contributed by atoms with Gasteiger partial charge < -0.3 is 14.7 Å². The standard InChI is InChI=1S/C18H16N10O7S2/c29-9-5-7(19-15(33)21-9)13(31)23-17-27-25-11(36-17)1-3-35-4-2-12-26-28-18(37-12)24-14(32)8-6-10(30)22-16(34)20-8/h5-6H,1-4H2,(H,23,27,31)(H,24,28,32)(H2,19,21,29,33)(H2,20,22,30,34). The van der Waals surface area contributed by atoms with Gasteiger partial charge >= 0.3 is 11.4 Å². The number of nitrogens with one attached hydrogen (secondary N) is 6. The molecule has 0 atom stereocenters. The zero-order valence-corrected chi connectivity index (χ0v) is 20.1. The number of amides is 2. The van der Waals surface area contributed by atoms with Crippen LogP contribution in [0.1, 0.15) is 31.0 Å². The number of hydrogen-bond acceptors (Lipinski definition) is 13. The summed E-state index contributed by atoms with van der Waals surface area (Å²) in [4.78, 5) is 77.8. The summed E-state index contributed by atoms with van der Waals surface area (Å²) >= 11 is 2.22. The lowest BCUT2D eigenvalue weighted by molar-refractivity contribution is 0.101. The van der Waals surface area contributed by atoms with Crippen LogP contribution in [0.15, 0.2) is 31.3 Å². The van der Waals surface area contributed by atoms with Gasteiger partial charge in [-0.3, -0.25) is 39.8 Å². The Kier molecular flexibility index (Phi) is 7.86. The van der Waals surface area contributed by atoms with Gasteiger partial charge in [-0.05, 0) is 0 Å². The third-order valence-electron chi connectivity index (χ3n) is 4.31. The van der Waals surface area contributed by atoms with Crippen molar-refractivity contribution < 1.29 is 14.3 Å². The van der Waals surface area contributed by atoms with Crippen molar-refractivity contribution in [2.45, 2.75) is 12.8 Å². The normalized spacial score (nSPS) is 10.8. The Morgan fingerprint density at radius 3 is 1.54 bits per heavy atom. The van der Waals surface area contributed by atoms with Crippen LogP contribution in [0.5, 0.6) is 0 Å². The van der Waals surface area contributed by atoms with Crippen LogP contribution in [-0.4, -0.2) is 65.4 Å². The molecule has 0 saturated heterocycles. The molecular weight excluding hydrogens is 532 g/mol. The minimum atomic E-state index is -0.801. The summed E-state index contributed by atoms with van der Waals surface area (Å²) in [6.45, 7) is 0.616. The largest absolute Gasteiger partial charge is 0.381 e. The van der Waals surface area contributed by atoms with E-state index in [9.17, 15) is 28.8 Å². The van der Waals surface area contributed by atoms with Gasteiger partial charge in [-0.2, -0.15) is 0 Å². The predicted octanol–water partition coefficient (Wildman–Crippen LogP) is -1.55. The smallest absolute Gasteiger partial charge is 0.326 e. The predicted molar refractivity (Wildman–Crippen MR) is 129 cm³/mol. The molecule has 4 aromatic heterocycles. The fourth-order valence-corrected chi connectivity index (χ4v) is 4.17. The van der Waals surface area contributed by atoms with E-state index >= 15 is 0 Å². The van der Waals surface area contributed by atoms with Crippen LogP contribution < -0.4 is 33.1 Å². The van der Waals surface area contributed by atoms with Crippen molar-refractivity contribution in [3.05, 3.63) is 75.2 Å². The number of anilines is 2. The highest BCUT2D eigenvalue weighted by Crippen LogP contribution is 2.17. The van der Waals surface area contributed by atoms with E-state index in [1.807, 2.05) is 9.97 Å². The minimum absolute atomic E-state index is 0.189. The van der Waals surface area contributed by atoms with Gasteiger partial charge in [-0.25, -0.2) is 9.59 Å². The maximum absolute atomic E-state index is 12.1. The summed E-state index contributed by atoms with van der Waals surface area (Å²) in [6, 6.07) is 1.91. The van der Waals surface area contributed by atoms with Crippen LogP contribution in [-0.2, 0) is 17.6 Å². The zero-order chi connectivity index (χ0) is 26.4. The maximum atomic E-state index is 12.1.